The van der Waals surface area contributed by atoms with E-state index in [0.29, 0.717) is 21.9 Å². The smallest absolute Gasteiger partial charge is 0.263 e. The van der Waals surface area contributed by atoms with Gasteiger partial charge in [0.25, 0.3) is 5.56 Å². The number of fused-ring (bicyclic) bond motifs is 1. The lowest BCUT2D eigenvalue weighted by Gasteiger charge is -2.18. The molecule has 0 N–H and O–H groups in total. The minimum absolute atomic E-state index is 0.0557. The maximum Gasteiger partial charge on any atom is 0.263 e. The summed E-state index contributed by atoms with van der Waals surface area (Å²) in [7, 11) is 1.59. The van der Waals surface area contributed by atoms with Gasteiger partial charge in [-0.1, -0.05) is 35.5 Å². The maximum absolute atomic E-state index is 14.0. The van der Waals surface area contributed by atoms with E-state index in [4.69, 9.17) is 11.6 Å². The lowest BCUT2D eigenvalue weighted by atomic mass is 10.2. The Bertz CT molecular complexity index is 1170. The van der Waals surface area contributed by atoms with Gasteiger partial charge < -0.3 is 4.90 Å². The molecule has 1 aromatic carbocycles. The van der Waals surface area contributed by atoms with Gasteiger partial charge in [0.1, 0.15) is 10.6 Å². The van der Waals surface area contributed by atoms with Crippen molar-refractivity contribution in [3.63, 3.8) is 0 Å². The SMILES string of the molecule is C=CCn1c(SCC(=O)N(C)Cc2c(F)cccc2Cl)nc2sc(C)c(C)c2c1=O. The minimum Gasteiger partial charge on any atom is -0.341 e. The summed E-state index contributed by atoms with van der Waals surface area (Å²) in [6.45, 7) is 7.94. The van der Waals surface area contributed by atoms with E-state index in [1.807, 2.05) is 13.8 Å². The van der Waals surface area contributed by atoms with E-state index in [2.05, 4.69) is 11.6 Å². The molecule has 0 aliphatic rings. The molecule has 1 amide bonds. The molecule has 0 bridgehead atoms. The number of hydrogen-bond acceptors (Lipinski definition) is 5. The van der Waals surface area contributed by atoms with Crippen molar-refractivity contribution in [1.82, 2.24) is 14.5 Å². The van der Waals surface area contributed by atoms with Crippen LogP contribution in [0.2, 0.25) is 5.02 Å². The third-order valence-electron chi connectivity index (χ3n) is 4.77. The Kier molecular flexibility index (Phi) is 7.00. The summed E-state index contributed by atoms with van der Waals surface area (Å²) in [6.07, 6.45) is 1.63. The second-order valence-electron chi connectivity index (χ2n) is 6.80. The van der Waals surface area contributed by atoms with Crippen LogP contribution in [0.5, 0.6) is 0 Å². The van der Waals surface area contributed by atoms with Gasteiger partial charge in [-0.25, -0.2) is 9.37 Å². The molecule has 0 fully saturated rings. The van der Waals surface area contributed by atoms with E-state index in [0.717, 1.165) is 10.4 Å². The van der Waals surface area contributed by atoms with Crippen LogP contribution in [0.15, 0.2) is 40.8 Å². The zero-order chi connectivity index (χ0) is 22.0. The van der Waals surface area contributed by atoms with Crippen LogP contribution >= 0.6 is 34.7 Å². The number of carbonyl (C=O) groups is 1. The van der Waals surface area contributed by atoms with Crippen molar-refractivity contribution >= 4 is 50.8 Å². The first-order valence-corrected chi connectivity index (χ1v) is 11.3. The standard InChI is InChI=1S/C21H21ClFN3O2S2/c1-5-9-26-20(28)18-12(2)13(3)30-19(18)24-21(26)29-11-17(27)25(4)10-14-15(22)7-6-8-16(14)23/h5-8H,1,9-11H2,2-4H3. The zero-order valence-electron chi connectivity index (χ0n) is 16.9. The first-order valence-electron chi connectivity index (χ1n) is 9.15. The first kappa shape index (κ1) is 22.5. The average Bonchev–Trinajstić information content (AvgIpc) is 2.99. The number of thioether (sulfide) groups is 1. The van der Waals surface area contributed by atoms with Gasteiger partial charge in [0.15, 0.2) is 5.16 Å². The summed E-state index contributed by atoms with van der Waals surface area (Å²) in [5, 5.41) is 1.35. The highest BCUT2D eigenvalue weighted by Gasteiger charge is 2.19. The molecule has 0 atom stereocenters. The highest BCUT2D eigenvalue weighted by atomic mass is 35.5. The molecule has 2 heterocycles. The van der Waals surface area contributed by atoms with Crippen LogP contribution in [-0.4, -0.2) is 33.2 Å². The molecule has 0 aliphatic carbocycles. The van der Waals surface area contributed by atoms with Gasteiger partial charge in [0, 0.05) is 35.6 Å². The molecule has 3 aromatic rings. The minimum atomic E-state index is -0.454. The predicted molar refractivity (Wildman–Crippen MR) is 122 cm³/mol. The first-order chi connectivity index (χ1) is 14.2. The van der Waals surface area contributed by atoms with Crippen LogP contribution < -0.4 is 5.56 Å². The molecule has 0 radical (unpaired) electrons. The van der Waals surface area contributed by atoms with Crippen molar-refractivity contribution in [1.29, 1.82) is 0 Å². The third kappa shape index (κ3) is 4.45. The predicted octanol–water partition coefficient (Wildman–Crippen LogP) is 4.80. The quantitative estimate of drug-likeness (QED) is 0.285. The van der Waals surface area contributed by atoms with E-state index < -0.39 is 5.82 Å². The number of thiophene rings is 1. The van der Waals surface area contributed by atoms with Crippen molar-refractivity contribution in [3.8, 4) is 0 Å². The third-order valence-corrected chi connectivity index (χ3v) is 7.19. The summed E-state index contributed by atoms with van der Waals surface area (Å²) in [5.74, 6) is -0.622. The van der Waals surface area contributed by atoms with Crippen LogP contribution in [0.1, 0.15) is 16.0 Å². The molecule has 0 aliphatic heterocycles. The topological polar surface area (TPSA) is 55.2 Å². The average molecular weight is 466 g/mol. The monoisotopic (exact) mass is 465 g/mol. The molecule has 0 spiro atoms. The van der Waals surface area contributed by atoms with E-state index in [9.17, 15) is 14.0 Å². The molecule has 9 heteroatoms. The summed E-state index contributed by atoms with van der Waals surface area (Å²) >= 11 is 8.70. The number of rotatable bonds is 7. The van der Waals surface area contributed by atoms with Crippen molar-refractivity contribution in [2.24, 2.45) is 0 Å². The zero-order valence-corrected chi connectivity index (χ0v) is 19.3. The number of carbonyl (C=O) groups excluding carboxylic acids is 1. The van der Waals surface area contributed by atoms with Crippen molar-refractivity contribution < 1.29 is 9.18 Å². The Balaban J connectivity index is 1.82. The number of amides is 1. The van der Waals surface area contributed by atoms with E-state index in [-0.39, 0.29) is 34.4 Å². The Morgan fingerprint density at radius 1 is 1.43 bits per heavy atom. The Morgan fingerprint density at radius 2 is 2.17 bits per heavy atom. The second kappa shape index (κ2) is 9.32. The molecular formula is C21H21ClFN3O2S2. The van der Waals surface area contributed by atoms with Gasteiger partial charge in [-0.2, -0.15) is 0 Å². The fraction of sp³-hybridized carbons (Fsp3) is 0.286. The number of allylic oxidation sites excluding steroid dienone is 1. The fourth-order valence-electron chi connectivity index (χ4n) is 2.95. The van der Waals surface area contributed by atoms with Crippen molar-refractivity contribution in [2.75, 3.05) is 12.8 Å². The summed E-state index contributed by atoms with van der Waals surface area (Å²) < 4.78 is 15.5. The summed E-state index contributed by atoms with van der Waals surface area (Å²) in [4.78, 5) is 33.3. The van der Waals surface area contributed by atoms with Crippen molar-refractivity contribution in [3.05, 3.63) is 68.1 Å². The number of hydrogen-bond donors (Lipinski definition) is 0. The Morgan fingerprint density at radius 3 is 2.83 bits per heavy atom. The van der Waals surface area contributed by atoms with Gasteiger partial charge in [-0.3, -0.25) is 14.2 Å². The van der Waals surface area contributed by atoms with E-state index in [1.54, 1.807) is 19.2 Å². The fourth-order valence-corrected chi connectivity index (χ4v) is 5.20. The van der Waals surface area contributed by atoms with Crippen LogP contribution in [-0.2, 0) is 17.9 Å². The largest absolute Gasteiger partial charge is 0.341 e. The van der Waals surface area contributed by atoms with Gasteiger partial charge in [0.2, 0.25) is 5.91 Å². The van der Waals surface area contributed by atoms with Gasteiger partial charge >= 0.3 is 0 Å². The van der Waals surface area contributed by atoms with Gasteiger partial charge in [-0.15, -0.1) is 17.9 Å². The van der Waals surface area contributed by atoms with Gasteiger partial charge in [-0.05, 0) is 31.5 Å². The van der Waals surface area contributed by atoms with Crippen LogP contribution in [0, 0.1) is 19.7 Å². The van der Waals surface area contributed by atoms with E-state index >= 15 is 0 Å². The molecular weight excluding hydrogens is 445 g/mol. The highest BCUT2D eigenvalue weighted by Crippen LogP contribution is 2.28. The molecule has 5 nitrogen and oxygen atoms in total. The Hall–Kier alpha value is -2.16. The molecule has 0 saturated heterocycles. The highest BCUT2D eigenvalue weighted by molar-refractivity contribution is 7.99. The number of aryl methyl sites for hydroxylation is 2. The number of benzene rings is 1. The van der Waals surface area contributed by atoms with Gasteiger partial charge in [0.05, 0.1) is 11.1 Å². The lowest BCUT2D eigenvalue weighted by molar-refractivity contribution is -0.127. The summed E-state index contributed by atoms with van der Waals surface area (Å²) in [6, 6.07) is 4.42. The molecule has 2 aromatic heterocycles. The second-order valence-corrected chi connectivity index (χ2v) is 9.35. The Labute approximate surface area is 187 Å². The van der Waals surface area contributed by atoms with Crippen LogP contribution in [0.3, 0.4) is 0 Å². The molecule has 0 saturated carbocycles. The normalized spacial score (nSPS) is 11.1. The number of aromatic nitrogens is 2. The number of halogens is 2. The summed E-state index contributed by atoms with van der Waals surface area (Å²) in [5.41, 5.74) is 1.07. The molecule has 0 unspecified atom stereocenters. The number of nitrogens with zero attached hydrogens (tertiary/aromatic N) is 3. The van der Waals surface area contributed by atoms with Crippen LogP contribution in [0.25, 0.3) is 10.2 Å². The van der Waals surface area contributed by atoms with Crippen LogP contribution in [0.4, 0.5) is 4.39 Å². The molecule has 30 heavy (non-hydrogen) atoms. The van der Waals surface area contributed by atoms with Crippen molar-refractivity contribution in [2.45, 2.75) is 32.1 Å². The maximum atomic E-state index is 14.0. The van der Waals surface area contributed by atoms with E-state index in [1.165, 1.54) is 44.7 Å². The molecule has 3 rings (SSSR count). The lowest BCUT2D eigenvalue weighted by Crippen LogP contribution is -2.29. The molecule has 158 valence electrons.